The molecule has 0 aliphatic heterocycles. The molecule has 0 saturated heterocycles. The third-order valence-electron chi connectivity index (χ3n) is 2.86. The molecule has 0 saturated carbocycles. The van der Waals surface area contributed by atoms with Crippen LogP contribution in [-0.4, -0.2) is 0 Å². The lowest BCUT2D eigenvalue weighted by molar-refractivity contribution is 0.416. The summed E-state index contributed by atoms with van der Waals surface area (Å²) in [7, 11) is -2.34. The molecule has 2 aromatic rings. The van der Waals surface area contributed by atoms with Crippen molar-refractivity contribution >= 4 is 19.6 Å². The Labute approximate surface area is 118 Å². The van der Waals surface area contributed by atoms with E-state index in [-0.39, 0.29) is 0 Å². The van der Waals surface area contributed by atoms with Crippen LogP contribution >= 0.6 is 8.25 Å². The van der Waals surface area contributed by atoms with Crippen molar-refractivity contribution in [3.8, 4) is 11.5 Å². The molecule has 0 radical (unpaired) electrons. The molecule has 0 spiro atoms. The maximum absolute atomic E-state index is 11.8. The summed E-state index contributed by atoms with van der Waals surface area (Å²) in [5.41, 5.74) is 14.5. The molecule has 0 heterocycles. The molecule has 4 N–H and O–H groups in total. The van der Waals surface area contributed by atoms with Crippen LogP contribution in [0.15, 0.2) is 36.4 Å². The van der Waals surface area contributed by atoms with Crippen LogP contribution in [0, 0.1) is 13.8 Å². The topological polar surface area (TPSA) is 87.6 Å². The van der Waals surface area contributed by atoms with Crippen molar-refractivity contribution in [2.45, 2.75) is 13.8 Å². The second-order valence-corrected chi connectivity index (χ2v) is 5.26. The molecule has 6 heteroatoms. The molecule has 0 aliphatic carbocycles. The second kappa shape index (κ2) is 5.80. The van der Waals surface area contributed by atoms with E-state index in [0.717, 1.165) is 11.1 Å². The number of benzene rings is 2. The second-order valence-electron chi connectivity index (χ2n) is 4.44. The Kier molecular flexibility index (Phi) is 4.11. The number of rotatable bonds is 4. The van der Waals surface area contributed by atoms with E-state index < -0.39 is 8.25 Å². The highest BCUT2D eigenvalue weighted by atomic mass is 31.1. The number of nitrogen functional groups attached to an aromatic ring is 2. The molecule has 0 fully saturated rings. The normalized spacial score (nSPS) is 10.1. The number of hydrogen-bond donors (Lipinski definition) is 2. The molecule has 0 amide bonds. The molecule has 0 unspecified atom stereocenters. The fraction of sp³-hybridized carbons (Fsp3) is 0.143. The first kappa shape index (κ1) is 14.2. The first-order chi connectivity index (χ1) is 9.45. The van der Waals surface area contributed by atoms with Crippen LogP contribution in [0.1, 0.15) is 11.1 Å². The molecular formula is C14H16N2O3P+. The van der Waals surface area contributed by atoms with Gasteiger partial charge in [0.25, 0.3) is 0 Å². The first-order valence-electron chi connectivity index (χ1n) is 6.01. The van der Waals surface area contributed by atoms with Gasteiger partial charge in [0.2, 0.25) is 0 Å². The Bertz CT molecular complexity index is 603. The summed E-state index contributed by atoms with van der Waals surface area (Å²) in [5.74, 6) is 0.795. The van der Waals surface area contributed by atoms with Crippen LogP contribution in [0.2, 0.25) is 0 Å². The largest absolute Gasteiger partial charge is 0.805 e. The molecule has 0 aliphatic rings. The van der Waals surface area contributed by atoms with E-state index in [1.807, 2.05) is 13.8 Å². The van der Waals surface area contributed by atoms with E-state index in [1.54, 1.807) is 36.4 Å². The zero-order valence-corrected chi connectivity index (χ0v) is 12.2. The molecular weight excluding hydrogens is 275 g/mol. The lowest BCUT2D eigenvalue weighted by atomic mass is 10.2. The van der Waals surface area contributed by atoms with Crippen LogP contribution in [0.25, 0.3) is 0 Å². The smallest absolute Gasteiger partial charge is 0.398 e. The van der Waals surface area contributed by atoms with Crippen molar-refractivity contribution in [1.29, 1.82) is 0 Å². The minimum Gasteiger partial charge on any atom is -0.398 e. The molecule has 20 heavy (non-hydrogen) atoms. The van der Waals surface area contributed by atoms with Crippen LogP contribution < -0.4 is 20.5 Å². The highest BCUT2D eigenvalue weighted by Gasteiger charge is 2.24. The van der Waals surface area contributed by atoms with Gasteiger partial charge in [-0.05, 0) is 37.1 Å². The minimum atomic E-state index is -2.34. The molecule has 0 atom stereocenters. The van der Waals surface area contributed by atoms with Gasteiger partial charge in [-0.2, -0.15) is 0 Å². The first-order valence-corrected chi connectivity index (χ1v) is 7.10. The molecule has 0 aromatic heterocycles. The Morgan fingerprint density at radius 3 is 1.60 bits per heavy atom. The fourth-order valence-corrected chi connectivity index (χ4v) is 2.15. The van der Waals surface area contributed by atoms with Crippen LogP contribution in [0.3, 0.4) is 0 Å². The minimum absolute atomic E-state index is 0.397. The molecule has 2 rings (SSSR count). The molecule has 2 aromatic carbocycles. The third-order valence-corrected chi connectivity index (χ3v) is 3.58. The number of hydrogen-bond acceptors (Lipinski definition) is 5. The van der Waals surface area contributed by atoms with E-state index in [4.69, 9.17) is 20.5 Å². The van der Waals surface area contributed by atoms with Crippen molar-refractivity contribution < 1.29 is 13.6 Å². The highest BCUT2D eigenvalue weighted by molar-refractivity contribution is 7.34. The summed E-state index contributed by atoms with van der Waals surface area (Å²) in [4.78, 5) is 0. The predicted octanol–water partition coefficient (Wildman–Crippen LogP) is 3.58. The Morgan fingerprint density at radius 1 is 0.850 bits per heavy atom. The Hall–Kier alpha value is -2.26. The van der Waals surface area contributed by atoms with Gasteiger partial charge in [0, 0.05) is 28.1 Å². The van der Waals surface area contributed by atoms with E-state index in [0.29, 0.717) is 22.9 Å². The average Bonchev–Trinajstić information content (AvgIpc) is 2.38. The van der Waals surface area contributed by atoms with Gasteiger partial charge >= 0.3 is 8.25 Å². The zero-order valence-electron chi connectivity index (χ0n) is 11.3. The quantitative estimate of drug-likeness (QED) is 0.664. The van der Waals surface area contributed by atoms with Crippen molar-refractivity contribution in [2.75, 3.05) is 11.5 Å². The van der Waals surface area contributed by atoms with Crippen LogP contribution in [0.4, 0.5) is 11.4 Å². The lowest BCUT2D eigenvalue weighted by Gasteiger charge is -2.01. The van der Waals surface area contributed by atoms with Crippen molar-refractivity contribution in [3.05, 3.63) is 47.5 Å². The summed E-state index contributed by atoms with van der Waals surface area (Å²) in [5, 5.41) is 0. The maximum Gasteiger partial charge on any atom is 0.805 e. The van der Waals surface area contributed by atoms with Gasteiger partial charge in [-0.25, -0.2) is 9.05 Å². The van der Waals surface area contributed by atoms with Gasteiger partial charge in [-0.15, -0.1) is 0 Å². The summed E-state index contributed by atoms with van der Waals surface area (Å²) >= 11 is 0. The Morgan fingerprint density at radius 2 is 1.25 bits per heavy atom. The lowest BCUT2D eigenvalue weighted by Crippen LogP contribution is -1.94. The molecule has 5 nitrogen and oxygen atoms in total. The number of aryl methyl sites for hydroxylation is 2. The van der Waals surface area contributed by atoms with Gasteiger partial charge in [-0.1, -0.05) is 12.1 Å². The monoisotopic (exact) mass is 291 g/mol. The number of nitrogens with two attached hydrogens (primary N) is 2. The summed E-state index contributed by atoms with van der Waals surface area (Å²) in [6.45, 7) is 3.76. The standard InChI is InChI=1S/C14H16N2O3P/c1-9-3-5-11(7-13(9)15)18-20(17)19-12-6-4-10(2)14(16)8-12/h3-8H,15-16H2,1-2H3/q+1. The predicted molar refractivity (Wildman–Crippen MR) is 80.0 cm³/mol. The fourth-order valence-electron chi connectivity index (χ4n) is 1.54. The van der Waals surface area contributed by atoms with Crippen LogP contribution in [0.5, 0.6) is 11.5 Å². The van der Waals surface area contributed by atoms with Gasteiger partial charge in [-0.3, -0.25) is 0 Å². The van der Waals surface area contributed by atoms with Gasteiger partial charge < -0.3 is 11.5 Å². The van der Waals surface area contributed by atoms with Gasteiger partial charge in [0.05, 0.1) is 0 Å². The summed E-state index contributed by atoms with van der Waals surface area (Å²) < 4.78 is 22.2. The average molecular weight is 291 g/mol. The Balaban J connectivity index is 2.04. The maximum atomic E-state index is 11.8. The van der Waals surface area contributed by atoms with E-state index in [1.165, 1.54) is 0 Å². The molecule has 104 valence electrons. The van der Waals surface area contributed by atoms with E-state index >= 15 is 0 Å². The van der Waals surface area contributed by atoms with Crippen molar-refractivity contribution in [3.63, 3.8) is 0 Å². The van der Waals surface area contributed by atoms with E-state index in [9.17, 15) is 4.57 Å². The molecule has 0 bridgehead atoms. The van der Waals surface area contributed by atoms with Gasteiger partial charge in [0.15, 0.2) is 11.5 Å². The summed E-state index contributed by atoms with van der Waals surface area (Å²) in [6.07, 6.45) is 0. The highest BCUT2D eigenvalue weighted by Crippen LogP contribution is 2.33. The third kappa shape index (κ3) is 3.39. The SMILES string of the molecule is Cc1ccc(O[P+](=O)Oc2ccc(C)c(N)c2)cc1N. The summed E-state index contributed by atoms with van der Waals surface area (Å²) in [6, 6.07) is 10.2. The zero-order chi connectivity index (χ0) is 14.7. The van der Waals surface area contributed by atoms with Gasteiger partial charge in [0.1, 0.15) is 0 Å². The van der Waals surface area contributed by atoms with Crippen molar-refractivity contribution in [1.82, 2.24) is 0 Å². The van der Waals surface area contributed by atoms with Crippen LogP contribution in [-0.2, 0) is 4.57 Å². The van der Waals surface area contributed by atoms with E-state index in [2.05, 4.69) is 0 Å². The number of anilines is 2. The van der Waals surface area contributed by atoms with Crippen molar-refractivity contribution in [2.24, 2.45) is 0 Å².